The molecule has 0 aromatic heterocycles. The third-order valence-corrected chi connectivity index (χ3v) is 7.27. The zero-order valence-corrected chi connectivity index (χ0v) is 22.1. The van der Waals surface area contributed by atoms with Gasteiger partial charge in [0.1, 0.15) is 18.3 Å². The van der Waals surface area contributed by atoms with Gasteiger partial charge < -0.3 is 14.2 Å². The van der Waals surface area contributed by atoms with Gasteiger partial charge in [0, 0.05) is 18.3 Å². The van der Waals surface area contributed by atoms with E-state index in [1.165, 1.54) is 0 Å². The van der Waals surface area contributed by atoms with Gasteiger partial charge in [-0.15, -0.1) is 0 Å². The Kier molecular flexibility index (Phi) is 11.9. The molecule has 0 aromatic rings. The molecule has 7 atom stereocenters. The van der Waals surface area contributed by atoms with Crippen LogP contribution in [0.15, 0.2) is 36.0 Å². The Labute approximate surface area is 207 Å². The SMILES string of the molecule is CCC1OC(=O)OC(CCC(C)C=CC=C(C)C2OC(=O)CCCCC(C)CC=CC2C)C1C. The molecule has 0 radical (unpaired) electrons. The molecule has 2 rings (SSSR count). The van der Waals surface area contributed by atoms with Crippen molar-refractivity contribution in [1.29, 1.82) is 0 Å². The van der Waals surface area contributed by atoms with E-state index in [1.54, 1.807) is 0 Å². The molecule has 0 N–H and O–H groups in total. The van der Waals surface area contributed by atoms with Crippen LogP contribution in [0.4, 0.5) is 4.79 Å². The van der Waals surface area contributed by atoms with Gasteiger partial charge >= 0.3 is 12.1 Å². The lowest BCUT2D eigenvalue weighted by molar-refractivity contribution is -0.148. The molecule has 192 valence electrons. The van der Waals surface area contributed by atoms with E-state index >= 15 is 0 Å². The van der Waals surface area contributed by atoms with E-state index in [9.17, 15) is 9.59 Å². The van der Waals surface area contributed by atoms with E-state index in [1.807, 2.05) is 13.8 Å². The van der Waals surface area contributed by atoms with Gasteiger partial charge in [-0.3, -0.25) is 4.79 Å². The summed E-state index contributed by atoms with van der Waals surface area (Å²) in [7, 11) is 0. The number of carbonyl (C=O) groups excluding carboxylic acids is 2. The van der Waals surface area contributed by atoms with Crippen molar-refractivity contribution >= 4 is 12.1 Å². The van der Waals surface area contributed by atoms with Crippen molar-refractivity contribution in [2.24, 2.45) is 23.7 Å². The topological polar surface area (TPSA) is 61.8 Å². The van der Waals surface area contributed by atoms with Crippen molar-refractivity contribution < 1.29 is 23.8 Å². The van der Waals surface area contributed by atoms with Crippen LogP contribution in [-0.2, 0) is 19.0 Å². The van der Waals surface area contributed by atoms with Crippen molar-refractivity contribution in [1.82, 2.24) is 0 Å². The molecule has 5 nitrogen and oxygen atoms in total. The van der Waals surface area contributed by atoms with Gasteiger partial charge in [0.15, 0.2) is 0 Å². The average molecular weight is 475 g/mol. The van der Waals surface area contributed by atoms with E-state index in [0.717, 1.165) is 50.5 Å². The van der Waals surface area contributed by atoms with E-state index < -0.39 is 6.16 Å². The summed E-state index contributed by atoms with van der Waals surface area (Å²) in [6.07, 6.45) is 17.1. The van der Waals surface area contributed by atoms with E-state index in [0.29, 0.717) is 18.3 Å². The lowest BCUT2D eigenvalue weighted by Crippen LogP contribution is -2.42. The monoisotopic (exact) mass is 474 g/mol. The normalized spacial score (nSPS) is 32.8. The van der Waals surface area contributed by atoms with Crippen molar-refractivity contribution in [3.63, 3.8) is 0 Å². The quantitative estimate of drug-likeness (QED) is 0.216. The first-order chi connectivity index (χ1) is 16.2. The highest BCUT2D eigenvalue weighted by Crippen LogP contribution is 2.28. The summed E-state index contributed by atoms with van der Waals surface area (Å²) < 4.78 is 16.6. The van der Waals surface area contributed by atoms with Gasteiger partial charge in [0.05, 0.1) is 0 Å². The number of carbonyl (C=O) groups is 2. The van der Waals surface area contributed by atoms with Crippen LogP contribution in [0.2, 0.25) is 0 Å². The molecule has 2 aliphatic rings. The number of esters is 1. The second-order valence-electron chi connectivity index (χ2n) is 10.5. The van der Waals surface area contributed by atoms with E-state index in [4.69, 9.17) is 14.2 Å². The molecule has 1 fully saturated rings. The lowest BCUT2D eigenvalue weighted by atomic mass is 9.90. The van der Waals surface area contributed by atoms with E-state index in [2.05, 4.69) is 58.1 Å². The molecule has 0 bridgehead atoms. The lowest BCUT2D eigenvalue weighted by Gasteiger charge is -2.35. The first kappa shape index (κ1) is 28.2. The number of rotatable bonds is 7. The number of ether oxygens (including phenoxy) is 3. The Hall–Kier alpha value is -2.04. The first-order valence-corrected chi connectivity index (χ1v) is 13.3. The summed E-state index contributed by atoms with van der Waals surface area (Å²) in [6.45, 7) is 12.7. The highest BCUT2D eigenvalue weighted by atomic mass is 16.7. The maximum atomic E-state index is 12.4. The molecule has 7 unspecified atom stereocenters. The maximum Gasteiger partial charge on any atom is 0.508 e. The Bertz CT molecular complexity index is 737. The summed E-state index contributed by atoms with van der Waals surface area (Å²) in [5, 5.41) is 0. The van der Waals surface area contributed by atoms with E-state index in [-0.39, 0.29) is 36.1 Å². The molecular formula is C29H46O5. The summed E-state index contributed by atoms with van der Waals surface area (Å²) in [6, 6.07) is 0. The Morgan fingerprint density at radius 1 is 1.12 bits per heavy atom. The minimum atomic E-state index is -0.541. The molecule has 0 aromatic carbocycles. The average Bonchev–Trinajstić information content (AvgIpc) is 2.79. The van der Waals surface area contributed by atoms with Crippen molar-refractivity contribution in [3.8, 4) is 0 Å². The van der Waals surface area contributed by atoms with Gasteiger partial charge in [0.25, 0.3) is 0 Å². The summed E-state index contributed by atoms with van der Waals surface area (Å²) >= 11 is 0. The molecule has 5 heteroatoms. The molecular weight excluding hydrogens is 428 g/mol. The molecule has 2 aliphatic heterocycles. The predicted octanol–water partition coefficient (Wildman–Crippen LogP) is 7.56. The molecule has 0 aliphatic carbocycles. The minimum absolute atomic E-state index is 0.0596. The smallest absolute Gasteiger partial charge is 0.457 e. The highest BCUT2D eigenvalue weighted by Gasteiger charge is 2.35. The van der Waals surface area contributed by atoms with Crippen LogP contribution in [0.25, 0.3) is 0 Å². The molecule has 0 amide bonds. The van der Waals surface area contributed by atoms with Crippen molar-refractivity contribution in [3.05, 3.63) is 36.0 Å². The Balaban J connectivity index is 1.95. The summed E-state index contributed by atoms with van der Waals surface area (Å²) in [5.41, 5.74) is 1.05. The Morgan fingerprint density at radius 2 is 1.85 bits per heavy atom. The van der Waals surface area contributed by atoms with Crippen LogP contribution < -0.4 is 0 Å². The summed E-state index contributed by atoms with van der Waals surface area (Å²) in [5.74, 6) is 1.23. The molecule has 2 heterocycles. The molecule has 0 spiro atoms. The van der Waals surface area contributed by atoms with Gasteiger partial charge in [-0.2, -0.15) is 0 Å². The Morgan fingerprint density at radius 3 is 2.59 bits per heavy atom. The minimum Gasteiger partial charge on any atom is -0.457 e. The number of hydrogen-bond acceptors (Lipinski definition) is 5. The largest absolute Gasteiger partial charge is 0.508 e. The summed E-state index contributed by atoms with van der Waals surface area (Å²) in [4.78, 5) is 24.1. The number of allylic oxidation sites excluding steroid dienone is 4. The third kappa shape index (κ3) is 9.31. The van der Waals surface area contributed by atoms with Gasteiger partial charge in [-0.25, -0.2) is 4.79 Å². The van der Waals surface area contributed by atoms with Crippen molar-refractivity contribution in [2.75, 3.05) is 0 Å². The molecule has 34 heavy (non-hydrogen) atoms. The second-order valence-corrected chi connectivity index (χ2v) is 10.5. The van der Waals surface area contributed by atoms with Crippen LogP contribution in [0.3, 0.4) is 0 Å². The molecule has 1 saturated heterocycles. The maximum absolute atomic E-state index is 12.4. The standard InChI is InChI=1S/C29H46O5/c1-7-25-24(6)26(33-29(31)32-25)19-18-21(3)14-11-16-23(5)28-22(4)15-10-13-20(2)12-8-9-17-27(30)34-28/h10-11,14-16,20-22,24-26,28H,7-9,12-13,17-19H2,1-6H3. The fourth-order valence-electron chi connectivity index (χ4n) is 4.84. The zero-order chi connectivity index (χ0) is 25.1. The van der Waals surface area contributed by atoms with Crippen LogP contribution in [0, 0.1) is 23.7 Å². The number of hydrogen-bond donors (Lipinski definition) is 0. The fraction of sp³-hybridized carbons (Fsp3) is 0.724. The van der Waals surface area contributed by atoms with Crippen LogP contribution in [0.5, 0.6) is 0 Å². The third-order valence-electron chi connectivity index (χ3n) is 7.27. The highest BCUT2D eigenvalue weighted by molar-refractivity contribution is 5.69. The van der Waals surface area contributed by atoms with Crippen molar-refractivity contribution in [2.45, 2.75) is 111 Å². The van der Waals surface area contributed by atoms with Crippen LogP contribution in [-0.4, -0.2) is 30.4 Å². The zero-order valence-electron chi connectivity index (χ0n) is 22.1. The fourth-order valence-corrected chi connectivity index (χ4v) is 4.84. The van der Waals surface area contributed by atoms with Crippen LogP contribution >= 0.6 is 0 Å². The van der Waals surface area contributed by atoms with Gasteiger partial charge in [0.2, 0.25) is 0 Å². The second kappa shape index (κ2) is 14.4. The van der Waals surface area contributed by atoms with Crippen LogP contribution in [0.1, 0.15) is 92.9 Å². The first-order valence-electron chi connectivity index (χ1n) is 13.3. The molecule has 0 saturated carbocycles. The predicted molar refractivity (Wildman–Crippen MR) is 136 cm³/mol. The van der Waals surface area contributed by atoms with Gasteiger partial charge in [-0.1, -0.05) is 77.8 Å². The van der Waals surface area contributed by atoms with Gasteiger partial charge in [-0.05, 0) is 56.4 Å². The number of cyclic esters (lactones) is 3.